The summed E-state index contributed by atoms with van der Waals surface area (Å²) in [5, 5.41) is 7.60. The maximum atomic E-state index is 11.0. The fourth-order valence-corrected chi connectivity index (χ4v) is 2.34. The van der Waals surface area contributed by atoms with Crippen molar-refractivity contribution >= 4 is 10.8 Å². The monoisotopic (exact) mass is 229 g/mol. The topological polar surface area (TPSA) is 46.9 Å². The summed E-state index contributed by atoms with van der Waals surface area (Å²) in [6, 6.07) is 0.274. The Morgan fingerprint density at radius 3 is 2.80 bits per heavy atom. The van der Waals surface area contributed by atoms with E-state index in [0.717, 1.165) is 12.2 Å². The Morgan fingerprint density at radius 2 is 2.33 bits per heavy atom. The van der Waals surface area contributed by atoms with E-state index in [-0.39, 0.29) is 6.04 Å². The zero-order valence-electron chi connectivity index (χ0n) is 9.78. The number of hydrogen-bond acceptors (Lipinski definition) is 3. The van der Waals surface area contributed by atoms with Crippen molar-refractivity contribution in [2.24, 2.45) is 7.05 Å². The van der Waals surface area contributed by atoms with Crippen molar-refractivity contribution in [3.8, 4) is 0 Å². The number of aryl methyl sites for hydroxylation is 2. The van der Waals surface area contributed by atoms with Crippen LogP contribution in [-0.4, -0.2) is 32.0 Å². The molecule has 0 aliphatic heterocycles. The van der Waals surface area contributed by atoms with Crippen LogP contribution in [0.4, 0.5) is 0 Å². The quantitative estimate of drug-likeness (QED) is 0.803. The molecule has 1 N–H and O–H groups in total. The minimum Gasteiger partial charge on any atom is -0.309 e. The van der Waals surface area contributed by atoms with Gasteiger partial charge >= 0.3 is 0 Å². The van der Waals surface area contributed by atoms with Crippen LogP contribution in [0, 0.1) is 6.92 Å². The zero-order valence-corrected chi connectivity index (χ0v) is 10.6. The average Bonchev–Trinajstić information content (AvgIpc) is 2.40. The minimum absolute atomic E-state index is 0.274. The Labute approximate surface area is 93.5 Å². The summed E-state index contributed by atoms with van der Waals surface area (Å²) in [5.41, 5.74) is 2.25. The van der Waals surface area contributed by atoms with E-state index in [4.69, 9.17) is 0 Å². The maximum absolute atomic E-state index is 11.0. The summed E-state index contributed by atoms with van der Waals surface area (Å²) in [7, 11) is 1.18. The number of aromatic nitrogens is 2. The van der Waals surface area contributed by atoms with Gasteiger partial charge in [0.05, 0.1) is 5.69 Å². The predicted molar refractivity (Wildman–Crippen MR) is 63.2 cm³/mol. The lowest BCUT2D eigenvalue weighted by Gasteiger charge is -2.11. The van der Waals surface area contributed by atoms with Crippen molar-refractivity contribution in [2.75, 3.05) is 12.0 Å². The summed E-state index contributed by atoms with van der Waals surface area (Å²) < 4.78 is 12.8. The van der Waals surface area contributed by atoms with Gasteiger partial charge in [-0.1, -0.05) is 0 Å². The molecule has 0 aliphatic carbocycles. The van der Waals surface area contributed by atoms with Crippen LogP contribution in [0.1, 0.15) is 18.2 Å². The van der Waals surface area contributed by atoms with Crippen LogP contribution in [0.3, 0.4) is 0 Å². The van der Waals surface area contributed by atoms with E-state index in [9.17, 15) is 4.21 Å². The first-order chi connectivity index (χ1) is 6.99. The van der Waals surface area contributed by atoms with Crippen molar-refractivity contribution in [1.29, 1.82) is 0 Å². The fraction of sp³-hybridized carbons (Fsp3) is 0.700. The summed E-state index contributed by atoms with van der Waals surface area (Å²) >= 11 is 0. The second-order valence-electron chi connectivity index (χ2n) is 3.94. The zero-order chi connectivity index (χ0) is 11.4. The van der Waals surface area contributed by atoms with E-state index < -0.39 is 10.8 Å². The van der Waals surface area contributed by atoms with Gasteiger partial charge in [-0.25, -0.2) is 0 Å². The van der Waals surface area contributed by atoms with Crippen LogP contribution in [0.25, 0.3) is 0 Å². The van der Waals surface area contributed by atoms with Gasteiger partial charge in [0, 0.05) is 54.2 Å². The van der Waals surface area contributed by atoms with Crippen LogP contribution in [-0.2, 0) is 24.4 Å². The molecule has 5 heteroatoms. The number of nitrogens with zero attached hydrogens (tertiary/aromatic N) is 2. The van der Waals surface area contributed by atoms with E-state index in [2.05, 4.69) is 10.4 Å². The van der Waals surface area contributed by atoms with Crippen molar-refractivity contribution in [3.63, 3.8) is 0 Å². The third-order valence-corrected chi connectivity index (χ3v) is 3.21. The molecule has 0 aromatic carbocycles. The molecule has 0 aliphatic rings. The van der Waals surface area contributed by atoms with Gasteiger partial charge in [0.25, 0.3) is 0 Å². The highest BCUT2D eigenvalue weighted by Crippen LogP contribution is 2.04. The molecule has 1 rings (SSSR count). The van der Waals surface area contributed by atoms with Crippen LogP contribution in [0.5, 0.6) is 0 Å². The number of rotatable bonds is 5. The largest absolute Gasteiger partial charge is 0.309 e. The first kappa shape index (κ1) is 12.4. The van der Waals surface area contributed by atoms with Crippen LogP contribution in [0.2, 0.25) is 0 Å². The molecule has 1 heterocycles. The van der Waals surface area contributed by atoms with Crippen molar-refractivity contribution in [3.05, 3.63) is 17.5 Å². The Morgan fingerprint density at radius 1 is 1.67 bits per heavy atom. The highest BCUT2D eigenvalue weighted by atomic mass is 32.2. The fourth-order valence-electron chi connectivity index (χ4n) is 1.52. The van der Waals surface area contributed by atoms with Gasteiger partial charge in [-0.2, -0.15) is 5.10 Å². The number of nitrogens with one attached hydrogen (secondary N) is 1. The van der Waals surface area contributed by atoms with Gasteiger partial charge in [-0.3, -0.25) is 8.89 Å². The Bertz CT molecular complexity index is 348. The van der Waals surface area contributed by atoms with Gasteiger partial charge in [0.1, 0.15) is 0 Å². The first-order valence-electron chi connectivity index (χ1n) is 5.01. The molecule has 0 amide bonds. The van der Waals surface area contributed by atoms with Gasteiger partial charge in [-0.05, 0) is 13.8 Å². The molecule has 0 radical (unpaired) electrons. The first-order valence-corrected chi connectivity index (χ1v) is 6.74. The van der Waals surface area contributed by atoms with Crippen molar-refractivity contribution in [1.82, 2.24) is 15.1 Å². The highest BCUT2D eigenvalue weighted by molar-refractivity contribution is 7.84. The lowest BCUT2D eigenvalue weighted by Crippen LogP contribution is -2.30. The molecule has 0 spiro atoms. The van der Waals surface area contributed by atoms with Crippen molar-refractivity contribution < 1.29 is 4.21 Å². The summed E-state index contributed by atoms with van der Waals surface area (Å²) in [6.07, 6.45) is 3.74. The summed E-state index contributed by atoms with van der Waals surface area (Å²) in [6.45, 7) is 4.84. The highest BCUT2D eigenvalue weighted by Gasteiger charge is 2.06. The molecule has 4 nitrogen and oxygen atoms in total. The van der Waals surface area contributed by atoms with Gasteiger partial charge in [0.15, 0.2) is 0 Å². The van der Waals surface area contributed by atoms with E-state index in [0.29, 0.717) is 5.75 Å². The normalized spacial score (nSPS) is 15.2. The molecule has 0 fully saturated rings. The van der Waals surface area contributed by atoms with Crippen molar-refractivity contribution in [2.45, 2.75) is 26.4 Å². The summed E-state index contributed by atoms with van der Waals surface area (Å²) in [4.78, 5) is 0. The molecule has 86 valence electrons. The van der Waals surface area contributed by atoms with Gasteiger partial charge < -0.3 is 5.32 Å². The Kier molecular flexibility index (Phi) is 4.47. The second kappa shape index (κ2) is 5.42. The SMILES string of the molecule is Cc1nn(C)cc1CNC(C)CS(C)=O. The van der Waals surface area contributed by atoms with E-state index in [1.165, 1.54) is 5.56 Å². The van der Waals surface area contributed by atoms with Gasteiger partial charge in [0.2, 0.25) is 0 Å². The lowest BCUT2D eigenvalue weighted by molar-refractivity contribution is 0.586. The predicted octanol–water partition coefficient (Wildman–Crippen LogP) is 0.585. The molecule has 1 aromatic rings. The molecule has 2 unspecified atom stereocenters. The third kappa shape index (κ3) is 4.13. The molecule has 15 heavy (non-hydrogen) atoms. The third-order valence-electron chi connectivity index (χ3n) is 2.24. The Hall–Kier alpha value is -0.680. The van der Waals surface area contributed by atoms with E-state index >= 15 is 0 Å². The lowest BCUT2D eigenvalue weighted by atomic mass is 10.2. The molecule has 0 saturated carbocycles. The van der Waals surface area contributed by atoms with Crippen LogP contribution in [0.15, 0.2) is 6.20 Å². The Balaban J connectivity index is 2.43. The molecule has 1 aromatic heterocycles. The van der Waals surface area contributed by atoms with Gasteiger partial charge in [-0.15, -0.1) is 0 Å². The van der Waals surface area contributed by atoms with E-state index in [1.54, 1.807) is 6.26 Å². The standard InChI is InChI=1S/C10H19N3OS/c1-8(7-15(4)14)11-5-10-6-13(3)12-9(10)2/h6,8,11H,5,7H2,1-4H3. The van der Waals surface area contributed by atoms with E-state index in [1.807, 2.05) is 31.8 Å². The van der Waals surface area contributed by atoms with Crippen LogP contribution < -0.4 is 5.32 Å². The average molecular weight is 229 g/mol. The summed E-state index contributed by atoms with van der Waals surface area (Å²) in [5.74, 6) is 0.694. The number of hydrogen-bond donors (Lipinski definition) is 1. The molecule has 0 bridgehead atoms. The second-order valence-corrected chi connectivity index (χ2v) is 5.41. The van der Waals surface area contributed by atoms with Crippen LogP contribution >= 0.6 is 0 Å². The molecule has 0 saturated heterocycles. The smallest absolute Gasteiger partial charge is 0.0638 e. The minimum atomic E-state index is -0.737. The molecular weight excluding hydrogens is 210 g/mol. The molecule has 2 atom stereocenters. The molecular formula is C10H19N3OS. The maximum Gasteiger partial charge on any atom is 0.0638 e.